The number of nitrogens with zero attached hydrogens (tertiary/aromatic N) is 2. The Kier molecular flexibility index (Phi) is 7.56. The predicted molar refractivity (Wildman–Crippen MR) is 146 cm³/mol. The van der Waals surface area contributed by atoms with Gasteiger partial charge in [-0.05, 0) is 85.7 Å². The molecular weight excluding hydrogens is 464 g/mol. The van der Waals surface area contributed by atoms with Gasteiger partial charge in [-0.2, -0.15) is 5.10 Å². The molecule has 1 saturated carbocycles. The molecule has 0 bridgehead atoms. The number of aliphatic hydroxyl groups is 1. The molecule has 1 heterocycles. The summed E-state index contributed by atoms with van der Waals surface area (Å²) in [6, 6.07) is 24.3. The molecule has 0 radical (unpaired) electrons. The Labute approximate surface area is 218 Å². The van der Waals surface area contributed by atoms with Crippen LogP contribution in [0.5, 0.6) is 5.75 Å². The molecule has 1 aliphatic heterocycles. The minimum absolute atomic E-state index is 0.216. The van der Waals surface area contributed by atoms with Crippen molar-refractivity contribution in [2.75, 3.05) is 18.7 Å². The second-order valence-electron chi connectivity index (χ2n) is 9.74. The molecule has 37 heavy (non-hydrogen) atoms. The lowest BCUT2D eigenvalue weighted by molar-refractivity contribution is 0.0526. The third-order valence-electron chi connectivity index (χ3n) is 7.44. The summed E-state index contributed by atoms with van der Waals surface area (Å²) in [6.07, 6.45) is 4.29. The van der Waals surface area contributed by atoms with E-state index in [1.54, 1.807) is 14.0 Å². The van der Waals surface area contributed by atoms with Crippen molar-refractivity contribution in [3.8, 4) is 16.9 Å². The Balaban J connectivity index is 1.42. The van der Waals surface area contributed by atoms with Gasteiger partial charge < -0.3 is 14.6 Å². The third-order valence-corrected chi connectivity index (χ3v) is 7.44. The van der Waals surface area contributed by atoms with E-state index >= 15 is 0 Å². The van der Waals surface area contributed by atoms with Gasteiger partial charge in [0.25, 0.3) is 0 Å². The van der Waals surface area contributed by atoms with Crippen LogP contribution in [-0.4, -0.2) is 42.7 Å². The number of rotatable bonds is 6. The maximum Gasteiger partial charge on any atom is 0.338 e. The molecule has 1 unspecified atom stereocenters. The van der Waals surface area contributed by atoms with E-state index in [2.05, 4.69) is 41.4 Å². The summed E-state index contributed by atoms with van der Waals surface area (Å²) in [7, 11) is 1.67. The van der Waals surface area contributed by atoms with Crippen molar-refractivity contribution in [1.82, 2.24) is 0 Å². The van der Waals surface area contributed by atoms with Gasteiger partial charge in [0.2, 0.25) is 0 Å². The normalized spacial score (nSPS) is 21.4. The maximum absolute atomic E-state index is 12.0. The van der Waals surface area contributed by atoms with Crippen LogP contribution in [0.2, 0.25) is 0 Å². The topological polar surface area (TPSA) is 71.4 Å². The molecule has 192 valence electrons. The lowest BCUT2D eigenvalue weighted by atomic mass is 9.81. The van der Waals surface area contributed by atoms with Crippen molar-refractivity contribution in [3.05, 3.63) is 83.9 Å². The van der Waals surface area contributed by atoms with Crippen LogP contribution in [0.15, 0.2) is 77.9 Å². The highest BCUT2D eigenvalue weighted by atomic mass is 16.5. The minimum Gasteiger partial charge on any atom is -0.497 e. The molecule has 5 rings (SSSR count). The highest BCUT2D eigenvalue weighted by molar-refractivity contribution is 6.05. The first-order valence-corrected chi connectivity index (χ1v) is 13.1. The Morgan fingerprint density at radius 2 is 1.54 bits per heavy atom. The molecule has 3 atom stereocenters. The average molecular weight is 499 g/mol. The number of hydrogen-bond donors (Lipinski definition) is 1. The first kappa shape index (κ1) is 25.0. The number of benzene rings is 3. The van der Waals surface area contributed by atoms with Crippen LogP contribution in [-0.2, 0) is 4.74 Å². The number of anilines is 1. The van der Waals surface area contributed by atoms with Gasteiger partial charge in [-0.25, -0.2) is 4.79 Å². The van der Waals surface area contributed by atoms with Crippen molar-refractivity contribution in [2.24, 2.45) is 11.0 Å². The fourth-order valence-electron chi connectivity index (χ4n) is 5.45. The number of hydrogen-bond acceptors (Lipinski definition) is 6. The zero-order valence-electron chi connectivity index (χ0n) is 21.5. The summed E-state index contributed by atoms with van der Waals surface area (Å²) in [5.74, 6) is 0.832. The van der Waals surface area contributed by atoms with Crippen LogP contribution in [0, 0.1) is 5.92 Å². The van der Waals surface area contributed by atoms with Crippen molar-refractivity contribution >= 4 is 17.4 Å². The van der Waals surface area contributed by atoms with Crippen LogP contribution in [0.4, 0.5) is 5.69 Å². The third kappa shape index (κ3) is 5.39. The molecular formula is C31H34N2O4. The second-order valence-corrected chi connectivity index (χ2v) is 9.74. The van der Waals surface area contributed by atoms with Crippen molar-refractivity contribution in [3.63, 3.8) is 0 Å². The monoisotopic (exact) mass is 498 g/mol. The van der Waals surface area contributed by atoms with E-state index in [1.165, 1.54) is 0 Å². The van der Waals surface area contributed by atoms with E-state index in [0.717, 1.165) is 65.9 Å². The first-order chi connectivity index (χ1) is 18.1. The molecule has 1 aliphatic carbocycles. The Morgan fingerprint density at radius 3 is 2.19 bits per heavy atom. The molecule has 6 heteroatoms. The maximum atomic E-state index is 12.0. The van der Waals surface area contributed by atoms with E-state index in [1.807, 2.05) is 36.4 Å². The molecule has 3 aromatic carbocycles. The van der Waals surface area contributed by atoms with Crippen molar-refractivity contribution < 1.29 is 19.4 Å². The first-order valence-electron chi connectivity index (χ1n) is 13.1. The highest BCUT2D eigenvalue weighted by Gasteiger charge is 2.39. The van der Waals surface area contributed by atoms with Gasteiger partial charge in [-0.15, -0.1) is 0 Å². The fourth-order valence-corrected chi connectivity index (χ4v) is 5.45. The number of carbonyl (C=O) groups is 1. The Morgan fingerprint density at radius 1 is 0.892 bits per heavy atom. The van der Waals surface area contributed by atoms with Gasteiger partial charge >= 0.3 is 5.97 Å². The minimum atomic E-state index is -0.300. The van der Waals surface area contributed by atoms with Gasteiger partial charge in [0.15, 0.2) is 0 Å². The lowest BCUT2D eigenvalue weighted by Crippen LogP contribution is -2.36. The summed E-state index contributed by atoms with van der Waals surface area (Å²) in [4.78, 5) is 12.0. The molecule has 1 fully saturated rings. The molecule has 0 aromatic heterocycles. The number of carbonyl (C=O) groups excluding carboxylic acids is 1. The van der Waals surface area contributed by atoms with Crippen LogP contribution < -0.4 is 9.75 Å². The summed E-state index contributed by atoms with van der Waals surface area (Å²) in [6.45, 7) is 2.17. The molecule has 2 aliphatic rings. The number of esters is 1. The van der Waals surface area contributed by atoms with Crippen LogP contribution in [0.25, 0.3) is 11.1 Å². The number of hydrazone groups is 1. The number of aliphatic hydroxyl groups excluding tert-OH is 1. The average Bonchev–Trinajstić information content (AvgIpc) is 3.28. The fraction of sp³-hybridized carbons (Fsp3) is 0.355. The molecule has 3 aromatic rings. The van der Waals surface area contributed by atoms with Gasteiger partial charge in [0, 0.05) is 5.92 Å². The quantitative estimate of drug-likeness (QED) is 0.418. The lowest BCUT2D eigenvalue weighted by Gasteiger charge is -2.31. The van der Waals surface area contributed by atoms with E-state index in [-0.39, 0.29) is 18.1 Å². The summed E-state index contributed by atoms with van der Waals surface area (Å²) >= 11 is 0. The summed E-state index contributed by atoms with van der Waals surface area (Å²) < 4.78 is 10.4. The van der Waals surface area contributed by atoms with E-state index in [4.69, 9.17) is 14.6 Å². The highest BCUT2D eigenvalue weighted by Crippen LogP contribution is 2.38. The number of methoxy groups -OCH3 is 1. The summed E-state index contributed by atoms with van der Waals surface area (Å²) in [5, 5.41) is 17.7. The summed E-state index contributed by atoms with van der Waals surface area (Å²) in [5.41, 5.74) is 5.97. The predicted octanol–water partition coefficient (Wildman–Crippen LogP) is 6.07. The Bertz CT molecular complexity index is 1240. The molecule has 1 N–H and O–H groups in total. The number of ether oxygens (including phenoxy) is 2. The molecule has 6 nitrogen and oxygen atoms in total. The van der Waals surface area contributed by atoms with Crippen molar-refractivity contribution in [2.45, 2.75) is 51.2 Å². The zero-order valence-corrected chi connectivity index (χ0v) is 21.5. The van der Waals surface area contributed by atoms with Crippen LogP contribution >= 0.6 is 0 Å². The van der Waals surface area contributed by atoms with Gasteiger partial charge in [0.1, 0.15) is 5.75 Å². The number of fused-ring (bicyclic) bond motifs is 1. The van der Waals surface area contributed by atoms with E-state index in [9.17, 15) is 9.90 Å². The van der Waals surface area contributed by atoms with Gasteiger partial charge in [-0.1, -0.05) is 42.8 Å². The zero-order chi connectivity index (χ0) is 25.8. The van der Waals surface area contributed by atoms with Gasteiger partial charge in [0.05, 0.1) is 42.8 Å². The molecule has 0 amide bonds. The smallest absolute Gasteiger partial charge is 0.338 e. The second kappa shape index (κ2) is 11.2. The Hall–Kier alpha value is -3.64. The van der Waals surface area contributed by atoms with Gasteiger partial charge in [-0.3, -0.25) is 5.01 Å². The molecule has 0 saturated heterocycles. The van der Waals surface area contributed by atoms with Crippen LogP contribution in [0.3, 0.4) is 0 Å². The van der Waals surface area contributed by atoms with E-state index in [0.29, 0.717) is 18.1 Å². The van der Waals surface area contributed by atoms with Crippen molar-refractivity contribution in [1.29, 1.82) is 0 Å². The molecule has 0 spiro atoms. The van der Waals surface area contributed by atoms with E-state index < -0.39 is 0 Å². The SMILES string of the molecule is CCOC(=O)c1ccc(-c2ccc(C3=NN(c4ccc(OC)cc4)[C@H]4CCC(O)CCC[C@H]34)cc2)cc1. The standard InChI is InChI=1S/C31H34N2O4/c1-3-37-31(35)24-13-9-22(10-14-24)21-7-11-23(12-8-21)30-28-6-4-5-26(34)17-20-29(28)33(32-30)25-15-18-27(36-2)19-16-25/h7-16,18-19,26,28-29,34H,3-6,17,20H2,1-2H3/t26?,28-,29-/m0/s1. The largest absolute Gasteiger partial charge is 0.497 e. The van der Waals surface area contributed by atoms with Crippen LogP contribution in [0.1, 0.15) is 54.9 Å².